The zero-order chi connectivity index (χ0) is 24.0. The van der Waals surface area contributed by atoms with Crippen molar-refractivity contribution >= 4 is 29.3 Å². The van der Waals surface area contributed by atoms with Crippen molar-refractivity contribution in [3.05, 3.63) is 65.0 Å². The largest absolute Gasteiger partial charge is 0.497 e. The van der Waals surface area contributed by atoms with E-state index >= 15 is 0 Å². The van der Waals surface area contributed by atoms with Crippen LogP contribution in [0.5, 0.6) is 5.75 Å². The summed E-state index contributed by atoms with van der Waals surface area (Å²) in [5.74, 6) is 1.35. The smallest absolute Gasteiger partial charge is 0.234 e. The number of nitrogens with zero attached hydrogens (tertiary/aromatic N) is 3. The van der Waals surface area contributed by atoms with E-state index < -0.39 is 0 Å². The number of carbonyl (C=O) groups excluding carboxylic acids is 2. The highest BCUT2D eigenvalue weighted by Gasteiger charge is 2.19. The number of benzene rings is 2. The van der Waals surface area contributed by atoms with Gasteiger partial charge in [-0.3, -0.25) is 9.59 Å². The van der Waals surface area contributed by atoms with Crippen LogP contribution >= 0.6 is 11.8 Å². The summed E-state index contributed by atoms with van der Waals surface area (Å²) in [6, 6.07) is 12.9. The summed E-state index contributed by atoms with van der Waals surface area (Å²) in [6.07, 6.45) is 0.256. The molecule has 0 aliphatic rings. The van der Waals surface area contributed by atoms with Crippen LogP contribution in [0.4, 0.5) is 5.69 Å². The van der Waals surface area contributed by atoms with Gasteiger partial charge in [0, 0.05) is 12.7 Å². The Kier molecular flexibility index (Phi) is 8.11. The third-order valence-electron chi connectivity index (χ3n) is 5.37. The van der Waals surface area contributed by atoms with Crippen molar-refractivity contribution in [2.75, 3.05) is 18.2 Å². The normalized spacial score (nSPS) is 11.7. The summed E-state index contributed by atoms with van der Waals surface area (Å²) in [7, 11) is 3.43. The van der Waals surface area contributed by atoms with Crippen molar-refractivity contribution in [2.24, 2.45) is 7.05 Å². The van der Waals surface area contributed by atoms with E-state index in [9.17, 15) is 9.59 Å². The first-order valence-corrected chi connectivity index (χ1v) is 11.6. The number of amides is 2. The van der Waals surface area contributed by atoms with Crippen molar-refractivity contribution in [3.8, 4) is 5.75 Å². The highest BCUT2D eigenvalue weighted by atomic mass is 32.2. The fourth-order valence-corrected chi connectivity index (χ4v) is 4.04. The summed E-state index contributed by atoms with van der Waals surface area (Å²) in [5.41, 5.74) is 3.88. The molecule has 0 aliphatic heterocycles. The van der Waals surface area contributed by atoms with Crippen molar-refractivity contribution in [1.82, 2.24) is 20.1 Å². The first kappa shape index (κ1) is 24.3. The predicted molar refractivity (Wildman–Crippen MR) is 130 cm³/mol. The third kappa shape index (κ3) is 6.35. The molecule has 2 amide bonds. The first-order chi connectivity index (χ1) is 15.8. The van der Waals surface area contributed by atoms with Crippen LogP contribution < -0.4 is 15.4 Å². The van der Waals surface area contributed by atoms with Crippen LogP contribution in [0.1, 0.15) is 35.5 Å². The topological polar surface area (TPSA) is 98.1 Å². The average molecular weight is 468 g/mol. The minimum Gasteiger partial charge on any atom is -0.497 e. The second-order valence-electron chi connectivity index (χ2n) is 7.80. The van der Waals surface area contributed by atoms with Crippen molar-refractivity contribution in [2.45, 2.75) is 38.4 Å². The van der Waals surface area contributed by atoms with E-state index in [0.717, 1.165) is 28.1 Å². The maximum atomic E-state index is 12.5. The Hall–Kier alpha value is -3.33. The number of hydrogen-bond acceptors (Lipinski definition) is 6. The molecule has 0 unspecified atom stereocenters. The molecular weight excluding hydrogens is 438 g/mol. The molecule has 2 aromatic carbocycles. The van der Waals surface area contributed by atoms with Gasteiger partial charge >= 0.3 is 0 Å². The Labute approximate surface area is 198 Å². The summed E-state index contributed by atoms with van der Waals surface area (Å²) in [5, 5.41) is 14.9. The predicted octanol–water partition coefficient (Wildman–Crippen LogP) is 3.59. The highest BCUT2D eigenvalue weighted by molar-refractivity contribution is 7.99. The molecule has 3 aromatic rings. The maximum absolute atomic E-state index is 12.5. The van der Waals surface area contributed by atoms with Gasteiger partial charge in [-0.25, -0.2) is 0 Å². The quantitative estimate of drug-likeness (QED) is 0.467. The van der Waals surface area contributed by atoms with Gasteiger partial charge < -0.3 is 19.9 Å². The molecule has 0 saturated heterocycles. The van der Waals surface area contributed by atoms with Crippen molar-refractivity contribution in [1.29, 1.82) is 0 Å². The number of thioether (sulfide) groups is 1. The first-order valence-electron chi connectivity index (χ1n) is 10.6. The summed E-state index contributed by atoms with van der Waals surface area (Å²) >= 11 is 1.30. The number of rotatable bonds is 9. The molecule has 174 valence electrons. The van der Waals surface area contributed by atoms with Gasteiger partial charge in [0.15, 0.2) is 11.0 Å². The second-order valence-corrected chi connectivity index (χ2v) is 8.74. The molecule has 0 fully saturated rings. The van der Waals surface area contributed by atoms with Crippen LogP contribution in [0, 0.1) is 13.8 Å². The maximum Gasteiger partial charge on any atom is 0.234 e. The molecular formula is C24H29N5O3S. The van der Waals surface area contributed by atoms with Gasteiger partial charge in [-0.15, -0.1) is 10.2 Å². The van der Waals surface area contributed by atoms with Crippen LogP contribution in [0.15, 0.2) is 47.6 Å². The van der Waals surface area contributed by atoms with Gasteiger partial charge in [-0.2, -0.15) is 0 Å². The molecule has 8 nitrogen and oxygen atoms in total. The Balaban J connectivity index is 1.54. The zero-order valence-electron chi connectivity index (χ0n) is 19.5. The van der Waals surface area contributed by atoms with Gasteiger partial charge in [-0.1, -0.05) is 36.0 Å². The standard InChI is InChI=1S/C24H29N5O3S/c1-15-7-6-8-20(16(15)2)26-22(31)14-33-24-28-27-23(29(24)4)17(3)25-21(30)13-18-9-11-19(32-5)12-10-18/h6-12,17H,13-14H2,1-5H3,(H,25,30)(H,26,31)/t17-/m0/s1. The van der Waals surface area contributed by atoms with Gasteiger partial charge in [0.05, 0.1) is 25.3 Å². The van der Waals surface area contributed by atoms with Gasteiger partial charge in [-0.05, 0) is 55.7 Å². The van der Waals surface area contributed by atoms with E-state index in [1.807, 2.05) is 70.3 Å². The van der Waals surface area contributed by atoms with Crippen LogP contribution in [-0.4, -0.2) is 39.4 Å². The van der Waals surface area contributed by atoms with Crippen molar-refractivity contribution in [3.63, 3.8) is 0 Å². The Morgan fingerprint density at radius 1 is 1.09 bits per heavy atom. The molecule has 1 aromatic heterocycles. The van der Waals surface area contributed by atoms with E-state index in [4.69, 9.17) is 4.74 Å². The molecule has 2 N–H and O–H groups in total. The van der Waals surface area contributed by atoms with Crippen LogP contribution in [0.25, 0.3) is 0 Å². The van der Waals surface area contributed by atoms with E-state index in [2.05, 4.69) is 20.8 Å². The SMILES string of the molecule is COc1ccc(CC(=O)N[C@@H](C)c2nnc(SCC(=O)Nc3cccc(C)c3C)n2C)cc1. The van der Waals surface area contributed by atoms with Crippen molar-refractivity contribution < 1.29 is 14.3 Å². The summed E-state index contributed by atoms with van der Waals surface area (Å²) in [4.78, 5) is 24.9. The second kappa shape index (κ2) is 11.0. The van der Waals surface area contributed by atoms with Gasteiger partial charge in [0.1, 0.15) is 5.75 Å². The lowest BCUT2D eigenvalue weighted by Crippen LogP contribution is -2.29. The summed E-state index contributed by atoms with van der Waals surface area (Å²) < 4.78 is 6.94. The number of ether oxygens (including phenoxy) is 1. The molecule has 0 spiro atoms. The van der Waals surface area contributed by atoms with Gasteiger partial charge in [0.25, 0.3) is 0 Å². The number of anilines is 1. The van der Waals surface area contributed by atoms with E-state index in [1.54, 1.807) is 11.7 Å². The van der Waals surface area contributed by atoms with Crippen LogP contribution in [0.2, 0.25) is 0 Å². The number of hydrogen-bond donors (Lipinski definition) is 2. The highest BCUT2D eigenvalue weighted by Crippen LogP contribution is 2.21. The lowest BCUT2D eigenvalue weighted by molar-refractivity contribution is -0.121. The molecule has 0 saturated carbocycles. The molecule has 3 rings (SSSR count). The monoisotopic (exact) mass is 467 g/mol. The Morgan fingerprint density at radius 2 is 1.82 bits per heavy atom. The fraction of sp³-hybridized carbons (Fsp3) is 0.333. The molecule has 0 radical (unpaired) electrons. The molecule has 33 heavy (non-hydrogen) atoms. The minimum atomic E-state index is -0.327. The number of methoxy groups -OCH3 is 1. The average Bonchev–Trinajstić information content (AvgIpc) is 3.16. The Morgan fingerprint density at radius 3 is 2.52 bits per heavy atom. The lowest BCUT2D eigenvalue weighted by Gasteiger charge is -2.14. The number of aromatic nitrogens is 3. The fourth-order valence-electron chi connectivity index (χ4n) is 3.32. The van der Waals surface area contributed by atoms with Crippen LogP contribution in [0.3, 0.4) is 0 Å². The van der Waals surface area contributed by atoms with E-state index in [-0.39, 0.29) is 30.0 Å². The van der Waals surface area contributed by atoms with E-state index in [1.165, 1.54) is 11.8 Å². The summed E-state index contributed by atoms with van der Waals surface area (Å²) in [6.45, 7) is 5.85. The molecule has 1 heterocycles. The molecule has 9 heteroatoms. The third-order valence-corrected chi connectivity index (χ3v) is 6.39. The number of nitrogens with one attached hydrogen (secondary N) is 2. The number of aryl methyl sites for hydroxylation is 1. The van der Waals surface area contributed by atoms with Gasteiger partial charge in [0.2, 0.25) is 11.8 Å². The molecule has 0 aliphatic carbocycles. The lowest BCUT2D eigenvalue weighted by atomic mass is 10.1. The zero-order valence-corrected chi connectivity index (χ0v) is 20.3. The molecule has 1 atom stereocenters. The van der Waals surface area contributed by atoms with Crippen LogP contribution in [-0.2, 0) is 23.1 Å². The molecule has 0 bridgehead atoms. The number of carbonyl (C=O) groups is 2. The minimum absolute atomic E-state index is 0.112. The Bertz CT molecular complexity index is 1130. The van der Waals surface area contributed by atoms with E-state index in [0.29, 0.717) is 11.0 Å².